The number of para-hydroxylation sites is 1. The van der Waals surface area contributed by atoms with Gasteiger partial charge in [-0.1, -0.05) is 18.2 Å². The summed E-state index contributed by atoms with van der Waals surface area (Å²) in [5.41, 5.74) is 3.25. The first-order chi connectivity index (χ1) is 11.9. The number of aryl methyl sites for hydroxylation is 3. The summed E-state index contributed by atoms with van der Waals surface area (Å²) in [7, 11) is 1.67. The number of fused-ring (bicyclic) bond motifs is 1. The van der Waals surface area contributed by atoms with E-state index in [1.54, 1.807) is 14.0 Å². The van der Waals surface area contributed by atoms with E-state index in [9.17, 15) is 9.59 Å². The second-order valence-corrected chi connectivity index (χ2v) is 6.17. The maximum absolute atomic E-state index is 12.6. The molecule has 0 spiro atoms. The SMILES string of the molecule is CCn1nc(CNC(=O)c2c(C)cc(C)n(C)c2=O)c2ccccc21. The smallest absolute Gasteiger partial charge is 0.263 e. The summed E-state index contributed by atoms with van der Waals surface area (Å²) in [6, 6.07) is 9.77. The van der Waals surface area contributed by atoms with Gasteiger partial charge in [-0.3, -0.25) is 14.3 Å². The number of rotatable bonds is 4. The van der Waals surface area contributed by atoms with Crippen molar-refractivity contribution in [2.45, 2.75) is 33.9 Å². The zero-order valence-corrected chi connectivity index (χ0v) is 15.0. The number of benzene rings is 1. The summed E-state index contributed by atoms with van der Waals surface area (Å²) in [5, 5.41) is 8.43. The van der Waals surface area contributed by atoms with Crippen LogP contribution in [0.15, 0.2) is 35.1 Å². The molecular formula is C19H22N4O2. The fourth-order valence-electron chi connectivity index (χ4n) is 3.08. The molecule has 0 fully saturated rings. The standard InChI is InChI=1S/C19H22N4O2/c1-5-23-16-9-7-6-8-14(16)15(21-23)11-20-18(24)17-12(2)10-13(3)22(4)19(17)25/h6-10H,5,11H2,1-4H3,(H,20,24). The predicted molar refractivity (Wildman–Crippen MR) is 97.7 cm³/mol. The van der Waals surface area contributed by atoms with Crippen LogP contribution in [0.2, 0.25) is 0 Å². The van der Waals surface area contributed by atoms with Crippen molar-refractivity contribution in [2.24, 2.45) is 7.05 Å². The molecule has 6 nitrogen and oxygen atoms in total. The van der Waals surface area contributed by atoms with Gasteiger partial charge < -0.3 is 9.88 Å². The average molecular weight is 338 g/mol. The molecule has 0 aliphatic heterocycles. The Kier molecular flexibility index (Phi) is 4.44. The van der Waals surface area contributed by atoms with Crippen LogP contribution >= 0.6 is 0 Å². The van der Waals surface area contributed by atoms with Crippen molar-refractivity contribution in [3.05, 3.63) is 63.2 Å². The lowest BCUT2D eigenvalue weighted by molar-refractivity contribution is 0.0948. The minimum absolute atomic E-state index is 0.187. The summed E-state index contributed by atoms with van der Waals surface area (Å²) in [5.74, 6) is -0.367. The van der Waals surface area contributed by atoms with Crippen molar-refractivity contribution in [3.8, 4) is 0 Å². The topological polar surface area (TPSA) is 68.9 Å². The fraction of sp³-hybridized carbons (Fsp3) is 0.316. The molecule has 2 heterocycles. The summed E-state index contributed by atoms with van der Waals surface area (Å²) in [6.45, 7) is 6.69. The summed E-state index contributed by atoms with van der Waals surface area (Å²) < 4.78 is 3.40. The molecule has 0 unspecified atom stereocenters. The zero-order valence-electron chi connectivity index (χ0n) is 15.0. The van der Waals surface area contributed by atoms with Gasteiger partial charge in [-0.25, -0.2) is 0 Å². The molecule has 130 valence electrons. The first-order valence-electron chi connectivity index (χ1n) is 8.34. The molecule has 0 saturated carbocycles. The van der Waals surface area contributed by atoms with Crippen molar-refractivity contribution in [1.29, 1.82) is 0 Å². The van der Waals surface area contributed by atoms with E-state index in [2.05, 4.69) is 10.4 Å². The molecule has 2 aromatic heterocycles. The van der Waals surface area contributed by atoms with Crippen molar-refractivity contribution in [1.82, 2.24) is 19.7 Å². The second kappa shape index (κ2) is 6.55. The van der Waals surface area contributed by atoms with Crippen LogP contribution in [0.5, 0.6) is 0 Å². The highest BCUT2D eigenvalue weighted by atomic mass is 16.2. The van der Waals surface area contributed by atoms with Gasteiger partial charge in [0.15, 0.2) is 0 Å². The van der Waals surface area contributed by atoms with Crippen LogP contribution in [0.4, 0.5) is 0 Å². The molecule has 3 rings (SSSR count). The molecule has 0 saturated heterocycles. The van der Waals surface area contributed by atoms with Gasteiger partial charge in [-0.05, 0) is 38.5 Å². The molecule has 25 heavy (non-hydrogen) atoms. The Morgan fingerprint density at radius 3 is 2.68 bits per heavy atom. The third-order valence-corrected chi connectivity index (χ3v) is 4.54. The molecule has 0 bridgehead atoms. The van der Waals surface area contributed by atoms with Crippen LogP contribution in [-0.2, 0) is 20.1 Å². The quantitative estimate of drug-likeness (QED) is 0.794. The Morgan fingerprint density at radius 2 is 1.96 bits per heavy atom. The van der Waals surface area contributed by atoms with Crippen LogP contribution in [0.25, 0.3) is 10.9 Å². The molecule has 1 aromatic carbocycles. The number of nitrogens with one attached hydrogen (secondary N) is 1. The van der Waals surface area contributed by atoms with E-state index < -0.39 is 0 Å². The number of nitrogens with zero attached hydrogens (tertiary/aromatic N) is 3. The van der Waals surface area contributed by atoms with Crippen molar-refractivity contribution >= 4 is 16.8 Å². The summed E-state index contributed by atoms with van der Waals surface area (Å²) in [4.78, 5) is 25.0. The van der Waals surface area contributed by atoms with Gasteiger partial charge in [0.2, 0.25) is 0 Å². The van der Waals surface area contributed by atoms with E-state index in [1.807, 2.05) is 48.9 Å². The molecule has 0 aliphatic carbocycles. The first kappa shape index (κ1) is 17.0. The van der Waals surface area contributed by atoms with E-state index in [0.717, 1.165) is 28.8 Å². The van der Waals surface area contributed by atoms with Crippen molar-refractivity contribution in [2.75, 3.05) is 0 Å². The Hall–Kier alpha value is -2.89. The Labute approximate surface area is 146 Å². The van der Waals surface area contributed by atoms with E-state index in [4.69, 9.17) is 0 Å². The number of hydrogen-bond acceptors (Lipinski definition) is 3. The van der Waals surface area contributed by atoms with Gasteiger partial charge in [0.25, 0.3) is 11.5 Å². The largest absolute Gasteiger partial charge is 0.346 e. The van der Waals surface area contributed by atoms with E-state index in [-0.39, 0.29) is 23.6 Å². The third kappa shape index (κ3) is 2.95. The average Bonchev–Trinajstić information content (AvgIpc) is 2.96. The number of hydrogen-bond donors (Lipinski definition) is 1. The fourth-order valence-corrected chi connectivity index (χ4v) is 3.08. The zero-order chi connectivity index (χ0) is 18.1. The van der Waals surface area contributed by atoms with Gasteiger partial charge in [-0.2, -0.15) is 5.10 Å². The number of amides is 1. The molecular weight excluding hydrogens is 316 g/mol. The molecule has 1 N–H and O–H groups in total. The number of pyridine rings is 1. The van der Waals surface area contributed by atoms with Gasteiger partial charge >= 0.3 is 0 Å². The van der Waals surface area contributed by atoms with Crippen LogP contribution in [0.1, 0.15) is 34.2 Å². The summed E-state index contributed by atoms with van der Waals surface area (Å²) in [6.07, 6.45) is 0. The van der Waals surface area contributed by atoms with E-state index in [0.29, 0.717) is 5.56 Å². The maximum atomic E-state index is 12.6. The summed E-state index contributed by atoms with van der Waals surface area (Å²) >= 11 is 0. The van der Waals surface area contributed by atoms with Gasteiger partial charge in [0.05, 0.1) is 17.8 Å². The first-order valence-corrected chi connectivity index (χ1v) is 8.34. The number of carbonyl (C=O) groups is 1. The number of aromatic nitrogens is 3. The lowest BCUT2D eigenvalue weighted by atomic mass is 10.1. The lowest BCUT2D eigenvalue weighted by Gasteiger charge is -2.10. The third-order valence-electron chi connectivity index (χ3n) is 4.54. The highest BCUT2D eigenvalue weighted by molar-refractivity contribution is 5.95. The van der Waals surface area contributed by atoms with Gasteiger partial charge in [0.1, 0.15) is 5.56 Å². The predicted octanol–water partition coefficient (Wildman–Crippen LogP) is 2.30. The molecule has 0 atom stereocenters. The Bertz CT molecular complexity index is 1010. The normalized spacial score (nSPS) is 11.0. The van der Waals surface area contributed by atoms with Gasteiger partial charge in [-0.15, -0.1) is 0 Å². The van der Waals surface area contributed by atoms with E-state index in [1.165, 1.54) is 4.57 Å². The number of carbonyl (C=O) groups excluding carboxylic acids is 1. The minimum Gasteiger partial charge on any atom is -0.346 e. The maximum Gasteiger partial charge on any atom is 0.263 e. The van der Waals surface area contributed by atoms with E-state index >= 15 is 0 Å². The van der Waals surface area contributed by atoms with Crippen LogP contribution in [-0.4, -0.2) is 20.3 Å². The molecule has 0 aliphatic rings. The Balaban J connectivity index is 1.89. The van der Waals surface area contributed by atoms with Crippen LogP contribution < -0.4 is 10.9 Å². The molecule has 0 radical (unpaired) electrons. The second-order valence-electron chi connectivity index (χ2n) is 6.17. The molecule has 1 amide bonds. The molecule has 6 heteroatoms. The Morgan fingerprint density at radius 1 is 1.24 bits per heavy atom. The highest BCUT2D eigenvalue weighted by Crippen LogP contribution is 2.18. The monoisotopic (exact) mass is 338 g/mol. The van der Waals surface area contributed by atoms with Crippen molar-refractivity contribution < 1.29 is 4.79 Å². The lowest BCUT2D eigenvalue weighted by Crippen LogP contribution is -2.34. The van der Waals surface area contributed by atoms with Crippen LogP contribution in [0, 0.1) is 13.8 Å². The minimum atomic E-state index is -0.367. The highest BCUT2D eigenvalue weighted by Gasteiger charge is 2.17. The molecule has 3 aromatic rings. The van der Waals surface area contributed by atoms with Crippen LogP contribution in [0.3, 0.4) is 0 Å². The van der Waals surface area contributed by atoms with Gasteiger partial charge in [0, 0.05) is 24.7 Å². The van der Waals surface area contributed by atoms with Crippen molar-refractivity contribution in [3.63, 3.8) is 0 Å².